The van der Waals surface area contributed by atoms with Gasteiger partial charge in [0.05, 0.1) is 6.61 Å². The number of benzene rings is 1. The first-order valence-electron chi connectivity index (χ1n) is 7.20. The molecule has 0 radical (unpaired) electrons. The molecule has 0 spiro atoms. The quantitative estimate of drug-likeness (QED) is 0.846. The molecule has 0 aliphatic carbocycles. The van der Waals surface area contributed by atoms with Crippen molar-refractivity contribution in [1.82, 2.24) is 10.6 Å². The number of carbonyl (C=O) groups excluding carboxylic acids is 2. The highest BCUT2D eigenvalue weighted by Crippen LogP contribution is 2.05. The number of hydrogen-bond acceptors (Lipinski definition) is 3. The lowest BCUT2D eigenvalue weighted by molar-refractivity contribution is -0.124. The van der Waals surface area contributed by atoms with Gasteiger partial charge in [0, 0.05) is 6.54 Å². The maximum Gasteiger partial charge on any atom is 0.407 e. The Morgan fingerprint density at radius 2 is 1.81 bits per heavy atom. The monoisotopic (exact) mass is 292 g/mol. The van der Waals surface area contributed by atoms with Gasteiger partial charge in [0.25, 0.3) is 0 Å². The van der Waals surface area contributed by atoms with Crippen LogP contribution in [0, 0.1) is 12.8 Å². The van der Waals surface area contributed by atoms with Crippen molar-refractivity contribution in [2.24, 2.45) is 5.92 Å². The molecule has 1 rings (SSSR count). The Hall–Kier alpha value is -2.04. The van der Waals surface area contributed by atoms with Crippen molar-refractivity contribution in [3.05, 3.63) is 35.4 Å². The van der Waals surface area contributed by atoms with E-state index in [-0.39, 0.29) is 18.4 Å². The third-order valence-corrected chi connectivity index (χ3v) is 3.09. The highest BCUT2D eigenvalue weighted by atomic mass is 16.5. The summed E-state index contributed by atoms with van der Waals surface area (Å²) in [6.45, 7) is 8.21. The molecule has 116 valence electrons. The average molecular weight is 292 g/mol. The number of ether oxygens (including phenoxy) is 1. The molecule has 0 fully saturated rings. The Balaban J connectivity index is 2.56. The average Bonchev–Trinajstić information content (AvgIpc) is 2.44. The number of hydrogen-bond donors (Lipinski definition) is 2. The molecule has 0 saturated heterocycles. The lowest BCUT2D eigenvalue weighted by atomic mass is 10.0. The Morgan fingerprint density at radius 1 is 1.19 bits per heavy atom. The fraction of sp³-hybridized carbons (Fsp3) is 0.500. The van der Waals surface area contributed by atoms with Crippen molar-refractivity contribution in [1.29, 1.82) is 0 Å². The van der Waals surface area contributed by atoms with Gasteiger partial charge < -0.3 is 15.4 Å². The number of aryl methyl sites for hydroxylation is 1. The second kappa shape index (κ2) is 8.29. The number of carbonyl (C=O) groups is 2. The number of nitrogens with one attached hydrogen (secondary N) is 2. The summed E-state index contributed by atoms with van der Waals surface area (Å²) in [5.41, 5.74) is 2.20. The van der Waals surface area contributed by atoms with Crippen molar-refractivity contribution < 1.29 is 14.3 Å². The first-order chi connectivity index (χ1) is 9.93. The highest BCUT2D eigenvalue weighted by molar-refractivity contribution is 5.85. The van der Waals surface area contributed by atoms with Gasteiger partial charge in [-0.15, -0.1) is 0 Å². The second-order valence-corrected chi connectivity index (χ2v) is 5.29. The molecule has 1 aromatic carbocycles. The molecule has 5 nitrogen and oxygen atoms in total. The van der Waals surface area contributed by atoms with Crippen LogP contribution >= 0.6 is 0 Å². The lowest BCUT2D eigenvalue weighted by Crippen LogP contribution is -2.49. The summed E-state index contributed by atoms with van der Waals surface area (Å²) in [6, 6.07) is 7.34. The van der Waals surface area contributed by atoms with E-state index >= 15 is 0 Å². The van der Waals surface area contributed by atoms with Crippen molar-refractivity contribution >= 4 is 12.0 Å². The van der Waals surface area contributed by atoms with E-state index in [1.807, 2.05) is 45.0 Å². The Morgan fingerprint density at radius 3 is 2.33 bits per heavy atom. The first-order valence-corrected chi connectivity index (χ1v) is 7.20. The fourth-order valence-corrected chi connectivity index (χ4v) is 1.84. The van der Waals surface area contributed by atoms with E-state index in [0.717, 1.165) is 5.56 Å². The van der Waals surface area contributed by atoms with Crippen LogP contribution < -0.4 is 10.6 Å². The van der Waals surface area contributed by atoms with Crippen LogP contribution in [-0.4, -0.2) is 24.6 Å². The van der Waals surface area contributed by atoms with Crippen molar-refractivity contribution in [3.63, 3.8) is 0 Å². The van der Waals surface area contributed by atoms with Gasteiger partial charge in [0.1, 0.15) is 6.04 Å². The molecular weight excluding hydrogens is 268 g/mol. The summed E-state index contributed by atoms with van der Waals surface area (Å²) in [6.07, 6.45) is -0.568. The Kier molecular flexibility index (Phi) is 6.72. The summed E-state index contributed by atoms with van der Waals surface area (Å²) in [4.78, 5) is 23.6. The molecule has 1 atom stereocenters. The summed E-state index contributed by atoms with van der Waals surface area (Å²) >= 11 is 0. The predicted octanol–water partition coefficient (Wildman–Crippen LogP) is 2.38. The minimum absolute atomic E-state index is 0.0209. The topological polar surface area (TPSA) is 67.4 Å². The molecule has 0 aromatic heterocycles. The summed E-state index contributed by atoms with van der Waals surface area (Å²) in [5, 5.41) is 5.43. The Bertz CT molecular complexity index is 469. The zero-order valence-corrected chi connectivity index (χ0v) is 13.1. The van der Waals surface area contributed by atoms with Gasteiger partial charge in [-0.3, -0.25) is 4.79 Å². The van der Waals surface area contributed by atoms with Crippen molar-refractivity contribution in [2.75, 3.05) is 6.61 Å². The predicted molar refractivity (Wildman–Crippen MR) is 81.8 cm³/mol. The van der Waals surface area contributed by atoms with Crippen LogP contribution in [0.15, 0.2) is 24.3 Å². The van der Waals surface area contributed by atoms with E-state index in [4.69, 9.17) is 4.74 Å². The van der Waals surface area contributed by atoms with Gasteiger partial charge >= 0.3 is 6.09 Å². The lowest BCUT2D eigenvalue weighted by Gasteiger charge is -2.21. The Labute approximate surface area is 126 Å². The largest absolute Gasteiger partial charge is 0.450 e. The van der Waals surface area contributed by atoms with E-state index in [1.165, 1.54) is 5.56 Å². The molecule has 21 heavy (non-hydrogen) atoms. The third-order valence-electron chi connectivity index (χ3n) is 3.09. The van der Waals surface area contributed by atoms with Crippen molar-refractivity contribution in [3.8, 4) is 0 Å². The maximum atomic E-state index is 12.2. The van der Waals surface area contributed by atoms with E-state index in [1.54, 1.807) is 6.92 Å². The van der Waals surface area contributed by atoms with Crippen LogP contribution in [0.4, 0.5) is 4.79 Å². The maximum absolute atomic E-state index is 12.2. The standard InChI is InChI=1S/C16H24N2O3/c1-5-21-16(20)18-14(11(2)3)15(19)17-10-13-8-6-12(4)7-9-13/h6-9,11,14H,5,10H2,1-4H3,(H,17,19)(H,18,20)/t14-/m1/s1. The van der Waals surface area contributed by atoms with E-state index in [2.05, 4.69) is 10.6 Å². The number of rotatable bonds is 6. The van der Waals surface area contributed by atoms with Crippen LogP contribution in [-0.2, 0) is 16.1 Å². The zero-order valence-electron chi connectivity index (χ0n) is 13.1. The van der Waals surface area contributed by atoms with Crippen LogP contribution in [0.3, 0.4) is 0 Å². The zero-order chi connectivity index (χ0) is 15.8. The van der Waals surface area contributed by atoms with Gasteiger partial charge in [-0.1, -0.05) is 43.7 Å². The molecule has 2 amide bonds. The van der Waals surface area contributed by atoms with Crippen molar-refractivity contribution in [2.45, 2.75) is 40.3 Å². The summed E-state index contributed by atoms with van der Waals surface area (Å²) < 4.78 is 4.82. The molecule has 0 aliphatic heterocycles. The molecule has 0 bridgehead atoms. The highest BCUT2D eigenvalue weighted by Gasteiger charge is 2.24. The SMILES string of the molecule is CCOC(=O)N[C@@H](C(=O)NCc1ccc(C)cc1)C(C)C. The molecular formula is C16H24N2O3. The number of alkyl carbamates (subject to hydrolysis) is 1. The van der Waals surface area contributed by atoms with Gasteiger partial charge in [0.15, 0.2) is 0 Å². The van der Waals surface area contributed by atoms with Gasteiger partial charge in [-0.25, -0.2) is 4.79 Å². The van der Waals surface area contributed by atoms with Crippen LogP contribution in [0.25, 0.3) is 0 Å². The minimum Gasteiger partial charge on any atom is -0.450 e. The first kappa shape index (κ1) is 17.0. The van der Waals surface area contributed by atoms with Gasteiger partial charge in [0.2, 0.25) is 5.91 Å². The molecule has 2 N–H and O–H groups in total. The van der Waals surface area contributed by atoms with Gasteiger partial charge in [-0.05, 0) is 25.3 Å². The molecule has 5 heteroatoms. The normalized spacial score (nSPS) is 11.9. The third kappa shape index (κ3) is 5.85. The van der Waals surface area contributed by atoms with E-state index < -0.39 is 12.1 Å². The van der Waals surface area contributed by atoms with Crippen LogP contribution in [0.1, 0.15) is 31.9 Å². The molecule has 0 heterocycles. The van der Waals surface area contributed by atoms with Gasteiger partial charge in [-0.2, -0.15) is 0 Å². The minimum atomic E-state index is -0.602. The number of amides is 2. The second-order valence-electron chi connectivity index (χ2n) is 5.29. The summed E-state index contributed by atoms with van der Waals surface area (Å²) in [7, 11) is 0. The van der Waals surface area contributed by atoms with Crippen LogP contribution in [0.5, 0.6) is 0 Å². The summed E-state index contributed by atoms with van der Waals surface area (Å²) in [5.74, 6) is -0.231. The fourth-order valence-electron chi connectivity index (χ4n) is 1.84. The molecule has 0 saturated carbocycles. The van der Waals surface area contributed by atoms with Crippen LogP contribution in [0.2, 0.25) is 0 Å². The smallest absolute Gasteiger partial charge is 0.407 e. The van der Waals surface area contributed by atoms with E-state index in [0.29, 0.717) is 6.54 Å². The molecule has 0 unspecified atom stereocenters. The molecule has 1 aromatic rings. The molecule has 0 aliphatic rings. The van der Waals surface area contributed by atoms with E-state index in [9.17, 15) is 9.59 Å².